The van der Waals surface area contributed by atoms with Gasteiger partial charge in [-0.05, 0) is 96.3 Å². The van der Waals surface area contributed by atoms with Gasteiger partial charge in [0.2, 0.25) is 0 Å². The van der Waals surface area contributed by atoms with E-state index < -0.39 is 6.10 Å². The minimum atomic E-state index is -0.776. The molecule has 0 saturated heterocycles. The van der Waals surface area contributed by atoms with Gasteiger partial charge in [-0.1, -0.05) is 288 Å². The summed E-state index contributed by atoms with van der Waals surface area (Å²) in [6.07, 6.45) is 78.8. The highest BCUT2D eigenvalue weighted by Gasteiger charge is 2.19. The Kier molecular flexibility index (Phi) is 62.1. The Morgan fingerprint density at radius 2 is 0.440 bits per heavy atom. The van der Waals surface area contributed by atoms with Gasteiger partial charge >= 0.3 is 17.9 Å². The lowest BCUT2D eigenvalue weighted by Crippen LogP contribution is -2.30. The molecule has 0 aliphatic rings. The van der Waals surface area contributed by atoms with Crippen LogP contribution in [-0.2, 0) is 28.6 Å². The molecule has 6 nitrogen and oxygen atoms in total. The zero-order chi connectivity index (χ0) is 54.3. The van der Waals surface area contributed by atoms with Crippen molar-refractivity contribution in [2.75, 3.05) is 13.2 Å². The topological polar surface area (TPSA) is 78.9 Å². The highest BCUT2D eigenvalue weighted by molar-refractivity contribution is 5.71. The summed E-state index contributed by atoms with van der Waals surface area (Å²) in [6.45, 7) is 6.66. The summed E-state index contributed by atoms with van der Waals surface area (Å²) in [4.78, 5) is 38.3. The molecule has 0 radical (unpaired) electrons. The Morgan fingerprint density at radius 3 is 0.693 bits per heavy atom. The zero-order valence-corrected chi connectivity index (χ0v) is 50.6. The van der Waals surface area contributed by atoms with Crippen molar-refractivity contribution in [1.29, 1.82) is 0 Å². The van der Waals surface area contributed by atoms with Gasteiger partial charge in [-0.3, -0.25) is 14.4 Å². The fraction of sp³-hybridized carbons (Fsp3) is 0.870. The number of unbranched alkanes of at least 4 members (excludes halogenated alkanes) is 45. The second kappa shape index (κ2) is 64.2. The third-order valence-electron chi connectivity index (χ3n) is 15.1. The molecule has 0 aliphatic carbocycles. The first-order chi connectivity index (χ1) is 37.0. The van der Waals surface area contributed by atoms with Crippen LogP contribution >= 0.6 is 0 Å². The molecular formula is C69H128O6. The number of carbonyl (C=O) groups excluding carboxylic acids is 3. The zero-order valence-electron chi connectivity index (χ0n) is 50.6. The maximum atomic E-state index is 12.9. The van der Waals surface area contributed by atoms with Crippen molar-refractivity contribution in [3.05, 3.63) is 36.5 Å². The molecule has 0 aromatic rings. The quantitative estimate of drug-likeness (QED) is 0.0261. The summed E-state index contributed by atoms with van der Waals surface area (Å²) in [6, 6.07) is 0. The lowest BCUT2D eigenvalue weighted by Gasteiger charge is -2.18. The summed E-state index contributed by atoms with van der Waals surface area (Å²) in [5, 5.41) is 0. The van der Waals surface area contributed by atoms with Crippen molar-refractivity contribution in [2.45, 2.75) is 374 Å². The maximum Gasteiger partial charge on any atom is 0.306 e. The summed E-state index contributed by atoms with van der Waals surface area (Å²) in [7, 11) is 0. The van der Waals surface area contributed by atoms with E-state index in [1.807, 2.05) is 0 Å². The van der Waals surface area contributed by atoms with E-state index in [0.717, 1.165) is 64.2 Å². The molecule has 0 rings (SSSR count). The first kappa shape index (κ1) is 72.6. The lowest BCUT2D eigenvalue weighted by molar-refractivity contribution is -0.167. The van der Waals surface area contributed by atoms with E-state index in [1.165, 1.54) is 263 Å². The molecule has 0 bridgehead atoms. The number of rotatable bonds is 62. The molecule has 0 heterocycles. The van der Waals surface area contributed by atoms with Gasteiger partial charge in [-0.2, -0.15) is 0 Å². The Labute approximate surface area is 467 Å². The van der Waals surface area contributed by atoms with Crippen LogP contribution in [0.2, 0.25) is 0 Å². The van der Waals surface area contributed by atoms with E-state index in [4.69, 9.17) is 14.2 Å². The van der Waals surface area contributed by atoms with Gasteiger partial charge in [0.15, 0.2) is 6.10 Å². The molecular weight excluding hydrogens is 925 g/mol. The van der Waals surface area contributed by atoms with Crippen LogP contribution in [0.4, 0.5) is 0 Å². The van der Waals surface area contributed by atoms with Crippen LogP contribution in [0.1, 0.15) is 367 Å². The van der Waals surface area contributed by atoms with Gasteiger partial charge in [-0.15, -0.1) is 0 Å². The number of ether oxygens (including phenoxy) is 3. The number of carbonyl (C=O) groups is 3. The first-order valence-corrected chi connectivity index (χ1v) is 33.5. The Morgan fingerprint density at radius 1 is 0.253 bits per heavy atom. The summed E-state index contributed by atoms with van der Waals surface area (Å²) in [5.74, 6) is -0.864. The molecule has 1 unspecified atom stereocenters. The molecule has 440 valence electrons. The number of esters is 3. The minimum absolute atomic E-state index is 0.0729. The Balaban J connectivity index is 4.20. The predicted octanol–water partition coefficient (Wildman–Crippen LogP) is 22.8. The Hall–Kier alpha value is -2.37. The van der Waals surface area contributed by atoms with Crippen LogP contribution in [-0.4, -0.2) is 37.2 Å². The molecule has 1 atom stereocenters. The molecule has 0 aromatic heterocycles. The van der Waals surface area contributed by atoms with Crippen LogP contribution < -0.4 is 0 Å². The predicted molar refractivity (Wildman–Crippen MR) is 326 cm³/mol. The average Bonchev–Trinajstić information content (AvgIpc) is 3.41. The van der Waals surface area contributed by atoms with Crippen molar-refractivity contribution in [1.82, 2.24) is 0 Å². The standard InChI is InChI=1S/C69H128O6/c1-4-7-10-13-16-19-22-25-27-29-31-32-33-34-35-36-37-38-39-41-42-44-47-50-53-56-59-62-68(71)74-65-66(64-73-67(70)61-58-55-52-49-46-24-21-18-15-12-9-6-3)75-69(72)63-60-57-54-51-48-45-43-40-30-28-26-23-20-17-14-11-8-5-2/h18,21,28-31,66H,4-17,19-20,22-27,32-65H2,1-3H3/b21-18-,30-28-,31-29-. The first-order valence-electron chi connectivity index (χ1n) is 33.5. The summed E-state index contributed by atoms with van der Waals surface area (Å²) >= 11 is 0. The van der Waals surface area contributed by atoms with E-state index in [0.29, 0.717) is 19.3 Å². The lowest BCUT2D eigenvalue weighted by atomic mass is 10.0. The maximum absolute atomic E-state index is 12.9. The van der Waals surface area contributed by atoms with Crippen LogP contribution in [0.3, 0.4) is 0 Å². The number of hydrogen-bond acceptors (Lipinski definition) is 6. The van der Waals surface area contributed by atoms with Crippen LogP contribution in [0.25, 0.3) is 0 Å². The third kappa shape index (κ3) is 62.4. The van der Waals surface area contributed by atoms with Crippen molar-refractivity contribution in [3.63, 3.8) is 0 Å². The normalized spacial score (nSPS) is 12.2. The molecule has 0 N–H and O–H groups in total. The molecule has 6 heteroatoms. The molecule has 75 heavy (non-hydrogen) atoms. The molecule has 0 aromatic carbocycles. The highest BCUT2D eigenvalue weighted by atomic mass is 16.6. The molecule has 0 saturated carbocycles. The SMILES string of the molecule is CCCCC/C=C\CCCCCCCC(=O)OCC(COC(=O)CCCCCCCCCCCCCCCCC/C=C\CCCCCCCCCC)OC(=O)CCCCCCCCC/C=C\CCCCCCCCC. The third-order valence-corrected chi connectivity index (χ3v) is 15.1. The van der Waals surface area contributed by atoms with E-state index in [-0.39, 0.29) is 31.1 Å². The van der Waals surface area contributed by atoms with Gasteiger partial charge in [-0.25, -0.2) is 0 Å². The molecule has 0 amide bonds. The van der Waals surface area contributed by atoms with E-state index in [1.54, 1.807) is 0 Å². The Bertz CT molecular complexity index is 1250. The van der Waals surface area contributed by atoms with Gasteiger partial charge in [0, 0.05) is 19.3 Å². The van der Waals surface area contributed by atoms with E-state index in [9.17, 15) is 14.4 Å². The fourth-order valence-corrected chi connectivity index (χ4v) is 10.0. The van der Waals surface area contributed by atoms with Crippen molar-refractivity contribution in [3.8, 4) is 0 Å². The molecule has 0 spiro atoms. The monoisotopic (exact) mass is 1050 g/mol. The number of hydrogen-bond donors (Lipinski definition) is 0. The van der Waals surface area contributed by atoms with Crippen LogP contribution in [0.5, 0.6) is 0 Å². The number of allylic oxidation sites excluding steroid dienone is 6. The van der Waals surface area contributed by atoms with Crippen LogP contribution in [0.15, 0.2) is 36.5 Å². The summed E-state index contributed by atoms with van der Waals surface area (Å²) in [5.41, 5.74) is 0. The highest BCUT2D eigenvalue weighted by Crippen LogP contribution is 2.17. The fourth-order valence-electron chi connectivity index (χ4n) is 10.0. The largest absolute Gasteiger partial charge is 0.462 e. The van der Waals surface area contributed by atoms with Gasteiger partial charge in [0.05, 0.1) is 0 Å². The smallest absolute Gasteiger partial charge is 0.306 e. The molecule has 0 fully saturated rings. The van der Waals surface area contributed by atoms with Crippen molar-refractivity contribution < 1.29 is 28.6 Å². The average molecular weight is 1050 g/mol. The minimum Gasteiger partial charge on any atom is -0.462 e. The van der Waals surface area contributed by atoms with E-state index in [2.05, 4.69) is 57.2 Å². The molecule has 0 aliphatic heterocycles. The van der Waals surface area contributed by atoms with E-state index >= 15 is 0 Å². The van der Waals surface area contributed by atoms with Gasteiger partial charge < -0.3 is 14.2 Å². The second-order valence-corrected chi connectivity index (χ2v) is 22.7. The van der Waals surface area contributed by atoms with Crippen molar-refractivity contribution >= 4 is 17.9 Å². The summed E-state index contributed by atoms with van der Waals surface area (Å²) < 4.78 is 16.9. The van der Waals surface area contributed by atoms with Crippen molar-refractivity contribution in [2.24, 2.45) is 0 Å². The second-order valence-electron chi connectivity index (χ2n) is 22.7. The van der Waals surface area contributed by atoms with Crippen LogP contribution in [0, 0.1) is 0 Å². The van der Waals surface area contributed by atoms with Gasteiger partial charge in [0.25, 0.3) is 0 Å². The van der Waals surface area contributed by atoms with Gasteiger partial charge in [0.1, 0.15) is 13.2 Å².